The Bertz CT molecular complexity index is 1280. The van der Waals surface area contributed by atoms with Crippen LogP contribution in [0.3, 0.4) is 0 Å². The molecule has 0 aliphatic heterocycles. The average Bonchev–Trinajstić information content (AvgIpc) is 3.00. The summed E-state index contributed by atoms with van der Waals surface area (Å²) in [4.78, 5) is 0. The summed E-state index contributed by atoms with van der Waals surface area (Å²) in [6.45, 7) is 3.26. The molecule has 0 spiro atoms. The van der Waals surface area contributed by atoms with Crippen LogP contribution in [-0.4, -0.2) is 4.57 Å². The third kappa shape index (κ3) is 2.17. The Labute approximate surface area is 157 Å². The zero-order valence-electron chi connectivity index (χ0n) is 14.8. The van der Waals surface area contributed by atoms with Gasteiger partial charge in [-0.2, -0.15) is 0 Å². The first-order valence-electron chi connectivity index (χ1n) is 9.30. The molecule has 0 fully saturated rings. The van der Waals surface area contributed by atoms with Crippen molar-refractivity contribution in [1.82, 2.24) is 4.57 Å². The first-order valence-corrected chi connectivity index (χ1v) is 9.68. The zero-order chi connectivity index (χ0) is 17.7. The van der Waals surface area contributed by atoms with Gasteiger partial charge < -0.3 is 4.57 Å². The van der Waals surface area contributed by atoms with Gasteiger partial charge in [0.05, 0.1) is 11.0 Å². The minimum Gasteiger partial charge on any atom is -0.340 e. The van der Waals surface area contributed by atoms with E-state index < -0.39 is 0 Å². The van der Waals surface area contributed by atoms with E-state index in [0.29, 0.717) is 0 Å². The third-order valence-electron chi connectivity index (χ3n) is 5.43. The Morgan fingerprint density at radius 2 is 1.42 bits per heavy atom. The molecule has 0 bridgehead atoms. The first-order chi connectivity index (χ1) is 12.8. The lowest BCUT2D eigenvalue weighted by atomic mass is 9.97. The highest BCUT2D eigenvalue weighted by molar-refractivity contribution is 6.34. The van der Waals surface area contributed by atoms with Gasteiger partial charge >= 0.3 is 0 Å². The van der Waals surface area contributed by atoms with Crippen LogP contribution in [0.15, 0.2) is 66.7 Å². The lowest BCUT2D eigenvalue weighted by molar-refractivity contribution is 0.666. The van der Waals surface area contributed by atoms with E-state index in [1.807, 2.05) is 6.07 Å². The fraction of sp³-hybridized carbons (Fsp3) is 0.167. The van der Waals surface area contributed by atoms with Crippen molar-refractivity contribution < 1.29 is 0 Å². The Kier molecular flexibility index (Phi) is 3.65. The highest BCUT2D eigenvalue weighted by atomic mass is 35.5. The molecule has 0 aliphatic rings. The predicted molar refractivity (Wildman–Crippen MR) is 114 cm³/mol. The molecular formula is C24H20ClN. The van der Waals surface area contributed by atoms with Gasteiger partial charge in [0.25, 0.3) is 0 Å². The number of hydrogen-bond donors (Lipinski definition) is 0. The van der Waals surface area contributed by atoms with Crippen LogP contribution in [0.25, 0.3) is 43.4 Å². The fourth-order valence-electron chi connectivity index (χ4n) is 4.28. The molecule has 128 valence electrons. The molecule has 0 saturated heterocycles. The van der Waals surface area contributed by atoms with E-state index in [9.17, 15) is 0 Å². The van der Waals surface area contributed by atoms with Crippen molar-refractivity contribution in [2.45, 2.75) is 26.3 Å². The molecule has 26 heavy (non-hydrogen) atoms. The molecule has 5 rings (SSSR count). The van der Waals surface area contributed by atoms with Gasteiger partial charge in [0, 0.05) is 27.7 Å². The van der Waals surface area contributed by atoms with Crippen molar-refractivity contribution in [3.8, 4) is 0 Å². The van der Waals surface area contributed by atoms with E-state index in [2.05, 4.69) is 72.2 Å². The van der Waals surface area contributed by atoms with Crippen LogP contribution < -0.4 is 0 Å². The monoisotopic (exact) mass is 357 g/mol. The van der Waals surface area contributed by atoms with Gasteiger partial charge in [0.15, 0.2) is 0 Å². The molecule has 1 heterocycles. The Morgan fingerprint density at radius 3 is 2.15 bits per heavy atom. The van der Waals surface area contributed by atoms with Crippen LogP contribution in [-0.2, 0) is 6.54 Å². The highest BCUT2D eigenvalue weighted by Crippen LogP contribution is 2.41. The fourth-order valence-corrected chi connectivity index (χ4v) is 4.45. The van der Waals surface area contributed by atoms with Crippen LogP contribution in [0.5, 0.6) is 0 Å². The largest absolute Gasteiger partial charge is 0.340 e. The van der Waals surface area contributed by atoms with Crippen molar-refractivity contribution in [3.63, 3.8) is 0 Å². The van der Waals surface area contributed by atoms with Crippen LogP contribution in [0.2, 0.25) is 5.02 Å². The number of unbranched alkanes of at least 4 members (excludes halogenated alkanes) is 1. The van der Waals surface area contributed by atoms with E-state index in [4.69, 9.17) is 11.6 Å². The Hall–Kier alpha value is -2.51. The standard InChI is InChI=1S/C24H20ClN/c1-2-3-14-26-22-15-16(25)12-13-21(22)23-19-10-6-4-8-17(19)18-9-5-7-11-20(18)24(23)26/h4-13,15H,2-3,14H2,1H3. The summed E-state index contributed by atoms with van der Waals surface area (Å²) in [6, 6.07) is 23.9. The number of hydrogen-bond acceptors (Lipinski definition) is 0. The number of aromatic nitrogens is 1. The lowest BCUT2D eigenvalue weighted by Gasteiger charge is -2.11. The maximum atomic E-state index is 6.38. The molecule has 0 amide bonds. The van der Waals surface area contributed by atoms with Crippen molar-refractivity contribution in [3.05, 3.63) is 71.8 Å². The quantitative estimate of drug-likeness (QED) is 0.294. The SMILES string of the molecule is CCCCn1c2cc(Cl)ccc2c2c3ccccc3c3ccccc3c21. The molecule has 2 heteroatoms. The van der Waals surface area contributed by atoms with Gasteiger partial charge in [0.2, 0.25) is 0 Å². The van der Waals surface area contributed by atoms with Crippen LogP contribution >= 0.6 is 11.6 Å². The maximum absolute atomic E-state index is 6.38. The Balaban J connectivity index is 2.11. The normalized spacial score (nSPS) is 11.9. The van der Waals surface area contributed by atoms with Gasteiger partial charge in [0.1, 0.15) is 0 Å². The van der Waals surface area contributed by atoms with Gasteiger partial charge in [-0.1, -0.05) is 79.5 Å². The number of halogens is 1. The van der Waals surface area contributed by atoms with Gasteiger partial charge in [-0.05, 0) is 34.7 Å². The number of fused-ring (bicyclic) bond motifs is 8. The number of rotatable bonds is 3. The number of nitrogens with zero attached hydrogens (tertiary/aromatic N) is 1. The smallest absolute Gasteiger partial charge is 0.0577 e. The van der Waals surface area contributed by atoms with E-state index in [1.165, 1.54) is 49.8 Å². The molecule has 0 unspecified atom stereocenters. The molecular weight excluding hydrogens is 338 g/mol. The second kappa shape index (κ2) is 6.03. The minimum absolute atomic E-state index is 0.798. The molecule has 0 saturated carbocycles. The molecule has 0 aliphatic carbocycles. The van der Waals surface area contributed by atoms with Crippen molar-refractivity contribution in [2.75, 3.05) is 0 Å². The summed E-state index contributed by atoms with van der Waals surface area (Å²) < 4.78 is 2.48. The molecule has 0 atom stereocenters. The van der Waals surface area contributed by atoms with Crippen LogP contribution in [0.1, 0.15) is 19.8 Å². The van der Waals surface area contributed by atoms with Crippen LogP contribution in [0.4, 0.5) is 0 Å². The van der Waals surface area contributed by atoms with E-state index >= 15 is 0 Å². The third-order valence-corrected chi connectivity index (χ3v) is 5.67. The van der Waals surface area contributed by atoms with Crippen molar-refractivity contribution in [1.29, 1.82) is 0 Å². The predicted octanol–water partition coefficient (Wildman–Crippen LogP) is 7.55. The molecule has 5 aromatic rings. The highest BCUT2D eigenvalue weighted by Gasteiger charge is 2.17. The van der Waals surface area contributed by atoms with E-state index in [1.54, 1.807) is 0 Å². The molecule has 0 radical (unpaired) electrons. The number of aryl methyl sites for hydroxylation is 1. The van der Waals surface area contributed by atoms with Crippen molar-refractivity contribution >= 4 is 55.0 Å². The molecule has 0 N–H and O–H groups in total. The topological polar surface area (TPSA) is 4.93 Å². The van der Waals surface area contributed by atoms with E-state index in [0.717, 1.165) is 18.0 Å². The zero-order valence-corrected chi connectivity index (χ0v) is 15.6. The molecule has 1 nitrogen and oxygen atoms in total. The van der Waals surface area contributed by atoms with Gasteiger partial charge in [-0.15, -0.1) is 0 Å². The maximum Gasteiger partial charge on any atom is 0.0577 e. The summed E-state index contributed by atoms with van der Waals surface area (Å²) in [7, 11) is 0. The summed E-state index contributed by atoms with van der Waals surface area (Å²) in [5.74, 6) is 0. The van der Waals surface area contributed by atoms with E-state index in [-0.39, 0.29) is 0 Å². The van der Waals surface area contributed by atoms with Crippen molar-refractivity contribution in [2.24, 2.45) is 0 Å². The lowest BCUT2D eigenvalue weighted by Crippen LogP contribution is -1.98. The van der Waals surface area contributed by atoms with Crippen LogP contribution in [0, 0.1) is 0 Å². The molecule has 4 aromatic carbocycles. The summed E-state index contributed by atoms with van der Waals surface area (Å²) in [5.41, 5.74) is 2.58. The average molecular weight is 358 g/mol. The van der Waals surface area contributed by atoms with Gasteiger partial charge in [-0.25, -0.2) is 0 Å². The second-order valence-corrected chi connectivity index (χ2v) is 7.42. The number of benzene rings is 4. The first kappa shape index (κ1) is 15.7. The second-order valence-electron chi connectivity index (χ2n) is 6.98. The summed E-state index contributed by atoms with van der Waals surface area (Å²) in [6.07, 6.45) is 2.33. The summed E-state index contributed by atoms with van der Waals surface area (Å²) in [5, 5.41) is 8.73. The van der Waals surface area contributed by atoms with Gasteiger partial charge in [-0.3, -0.25) is 0 Å². The minimum atomic E-state index is 0.798. The Morgan fingerprint density at radius 1 is 0.769 bits per heavy atom. The molecule has 1 aromatic heterocycles. The summed E-state index contributed by atoms with van der Waals surface area (Å²) >= 11 is 6.38.